The molecule has 1 unspecified atom stereocenters. The number of nitrogens with two attached hydrogens (primary N) is 1. The van der Waals surface area contributed by atoms with Gasteiger partial charge in [0.15, 0.2) is 0 Å². The summed E-state index contributed by atoms with van der Waals surface area (Å²) >= 11 is 5.72. The lowest BCUT2D eigenvalue weighted by molar-refractivity contribution is 0.622. The van der Waals surface area contributed by atoms with Crippen LogP contribution in [0.5, 0.6) is 0 Å². The molecule has 2 rings (SSSR count). The third kappa shape index (κ3) is 2.65. The van der Waals surface area contributed by atoms with Crippen LogP contribution in [0.4, 0.5) is 4.39 Å². The van der Waals surface area contributed by atoms with Gasteiger partial charge >= 0.3 is 0 Å². The number of hydrogen-bond acceptors (Lipinski definition) is 2. The molecule has 0 aliphatic heterocycles. The molecule has 0 fully saturated rings. The van der Waals surface area contributed by atoms with E-state index in [4.69, 9.17) is 17.3 Å². The number of benzene rings is 1. The van der Waals surface area contributed by atoms with E-state index in [0.717, 1.165) is 11.4 Å². The van der Waals surface area contributed by atoms with Gasteiger partial charge in [-0.3, -0.25) is 0 Å². The summed E-state index contributed by atoms with van der Waals surface area (Å²) < 4.78 is 14.9. The molecule has 90 valence electrons. The average Bonchev–Trinajstić information content (AvgIpc) is 2.68. The predicted octanol–water partition coefficient (Wildman–Crippen LogP) is 2.46. The molecule has 2 aromatic rings. The molecule has 1 heterocycles. The first-order chi connectivity index (χ1) is 8.08. The van der Waals surface area contributed by atoms with E-state index in [1.807, 2.05) is 17.8 Å². The summed E-state index contributed by atoms with van der Waals surface area (Å²) in [5.41, 5.74) is 6.84. The summed E-state index contributed by atoms with van der Waals surface area (Å²) in [6, 6.07) is 4.30. The molecular formula is C12H13ClFN3. The third-order valence-corrected chi connectivity index (χ3v) is 2.98. The van der Waals surface area contributed by atoms with Crippen molar-refractivity contribution < 1.29 is 4.39 Å². The van der Waals surface area contributed by atoms with E-state index in [0.29, 0.717) is 6.42 Å². The van der Waals surface area contributed by atoms with Crippen LogP contribution in [0.15, 0.2) is 30.6 Å². The smallest absolute Gasteiger partial charge is 0.141 e. The van der Waals surface area contributed by atoms with Crippen LogP contribution >= 0.6 is 11.6 Å². The lowest BCUT2D eigenvalue weighted by atomic mass is 10.0. The number of rotatable bonds is 3. The topological polar surface area (TPSA) is 43.8 Å². The monoisotopic (exact) mass is 253 g/mol. The summed E-state index contributed by atoms with van der Waals surface area (Å²) in [5.74, 6) is 0.456. The van der Waals surface area contributed by atoms with Gasteiger partial charge < -0.3 is 10.3 Å². The van der Waals surface area contributed by atoms with Crippen LogP contribution in [0, 0.1) is 5.82 Å². The van der Waals surface area contributed by atoms with Gasteiger partial charge in [0.1, 0.15) is 11.6 Å². The van der Waals surface area contributed by atoms with E-state index in [1.54, 1.807) is 18.3 Å². The highest BCUT2D eigenvalue weighted by atomic mass is 35.5. The molecule has 0 radical (unpaired) electrons. The van der Waals surface area contributed by atoms with E-state index in [9.17, 15) is 4.39 Å². The molecule has 1 aromatic carbocycles. The molecule has 0 aliphatic rings. The fourth-order valence-corrected chi connectivity index (χ4v) is 1.84. The minimum absolute atomic E-state index is 0.0952. The standard InChI is InChI=1S/C12H13ClFN3/c1-17-5-4-16-12(17)7-11(15)8-2-3-10(14)9(13)6-8/h2-6,11H,7,15H2,1H3. The Kier molecular flexibility index (Phi) is 3.45. The van der Waals surface area contributed by atoms with E-state index >= 15 is 0 Å². The Bertz CT molecular complexity index is 524. The Morgan fingerprint density at radius 1 is 1.53 bits per heavy atom. The molecule has 17 heavy (non-hydrogen) atoms. The second-order valence-corrected chi connectivity index (χ2v) is 4.35. The number of halogens is 2. The highest BCUT2D eigenvalue weighted by Crippen LogP contribution is 2.21. The van der Waals surface area contributed by atoms with Crippen LogP contribution in [0.25, 0.3) is 0 Å². The molecule has 3 nitrogen and oxygen atoms in total. The SMILES string of the molecule is Cn1ccnc1CC(N)c1ccc(F)c(Cl)c1. The Labute approximate surface area is 104 Å². The maximum Gasteiger partial charge on any atom is 0.141 e. The van der Waals surface area contributed by atoms with Crippen LogP contribution < -0.4 is 5.73 Å². The van der Waals surface area contributed by atoms with E-state index in [1.165, 1.54) is 6.07 Å². The summed E-state index contributed by atoms with van der Waals surface area (Å²) in [7, 11) is 1.91. The quantitative estimate of drug-likeness (QED) is 0.913. The zero-order chi connectivity index (χ0) is 12.4. The van der Waals surface area contributed by atoms with Crippen molar-refractivity contribution in [2.24, 2.45) is 12.8 Å². The minimum atomic E-state index is -0.431. The van der Waals surface area contributed by atoms with Crippen LogP contribution in [0.1, 0.15) is 17.4 Å². The summed E-state index contributed by atoms with van der Waals surface area (Å²) in [6.07, 6.45) is 4.17. The normalized spacial score (nSPS) is 12.7. The Hall–Kier alpha value is -1.39. The maximum atomic E-state index is 13.0. The van der Waals surface area contributed by atoms with Gasteiger partial charge in [0.25, 0.3) is 0 Å². The van der Waals surface area contributed by atoms with E-state index in [2.05, 4.69) is 4.98 Å². The van der Waals surface area contributed by atoms with Crippen molar-refractivity contribution in [1.29, 1.82) is 0 Å². The average molecular weight is 254 g/mol. The maximum absolute atomic E-state index is 13.0. The summed E-state index contributed by atoms with van der Waals surface area (Å²) in [6.45, 7) is 0. The van der Waals surface area contributed by atoms with Crippen LogP contribution in [-0.4, -0.2) is 9.55 Å². The molecule has 0 amide bonds. The molecule has 1 atom stereocenters. The Morgan fingerprint density at radius 2 is 2.29 bits per heavy atom. The molecule has 1 aromatic heterocycles. The van der Waals surface area contributed by atoms with Gasteiger partial charge in [-0.15, -0.1) is 0 Å². The fraction of sp³-hybridized carbons (Fsp3) is 0.250. The zero-order valence-corrected chi connectivity index (χ0v) is 10.2. The molecule has 0 bridgehead atoms. The number of aromatic nitrogens is 2. The predicted molar refractivity (Wildman–Crippen MR) is 65.3 cm³/mol. The van der Waals surface area contributed by atoms with Gasteiger partial charge in [-0.25, -0.2) is 9.37 Å². The number of nitrogens with zero attached hydrogens (tertiary/aromatic N) is 2. The largest absolute Gasteiger partial charge is 0.338 e. The van der Waals surface area contributed by atoms with Crippen molar-refractivity contribution in [3.05, 3.63) is 52.8 Å². The van der Waals surface area contributed by atoms with Gasteiger partial charge in [0, 0.05) is 31.9 Å². The molecule has 2 N–H and O–H groups in total. The molecule has 5 heteroatoms. The third-order valence-electron chi connectivity index (χ3n) is 2.70. The van der Waals surface area contributed by atoms with Crippen LogP contribution in [0.2, 0.25) is 5.02 Å². The molecule has 0 aliphatic carbocycles. The highest BCUT2D eigenvalue weighted by molar-refractivity contribution is 6.30. The first kappa shape index (κ1) is 12.1. The van der Waals surface area contributed by atoms with Crippen molar-refractivity contribution in [1.82, 2.24) is 9.55 Å². The van der Waals surface area contributed by atoms with Crippen molar-refractivity contribution >= 4 is 11.6 Å². The van der Waals surface area contributed by atoms with Gasteiger partial charge in [0.05, 0.1) is 5.02 Å². The summed E-state index contributed by atoms with van der Waals surface area (Å²) in [4.78, 5) is 4.20. The lowest BCUT2D eigenvalue weighted by Gasteiger charge is -2.12. The van der Waals surface area contributed by atoms with Crippen molar-refractivity contribution in [2.75, 3.05) is 0 Å². The fourth-order valence-electron chi connectivity index (χ4n) is 1.65. The second kappa shape index (κ2) is 4.85. The Morgan fingerprint density at radius 3 is 2.88 bits per heavy atom. The zero-order valence-electron chi connectivity index (χ0n) is 9.40. The number of hydrogen-bond donors (Lipinski definition) is 1. The van der Waals surface area contributed by atoms with Crippen LogP contribution in [0.3, 0.4) is 0 Å². The first-order valence-corrected chi connectivity index (χ1v) is 5.62. The van der Waals surface area contributed by atoms with E-state index in [-0.39, 0.29) is 11.1 Å². The van der Waals surface area contributed by atoms with Gasteiger partial charge in [-0.1, -0.05) is 17.7 Å². The Balaban J connectivity index is 2.17. The molecule has 0 saturated carbocycles. The van der Waals surface area contributed by atoms with Gasteiger partial charge in [-0.2, -0.15) is 0 Å². The second-order valence-electron chi connectivity index (χ2n) is 3.94. The van der Waals surface area contributed by atoms with Crippen molar-refractivity contribution in [3.63, 3.8) is 0 Å². The van der Waals surface area contributed by atoms with Gasteiger partial charge in [0.2, 0.25) is 0 Å². The highest BCUT2D eigenvalue weighted by Gasteiger charge is 2.11. The number of aryl methyl sites for hydroxylation is 1. The minimum Gasteiger partial charge on any atom is -0.338 e. The summed E-state index contributed by atoms with van der Waals surface area (Å²) in [5, 5.41) is 0.0952. The lowest BCUT2D eigenvalue weighted by Crippen LogP contribution is -2.15. The molecular weight excluding hydrogens is 241 g/mol. The first-order valence-electron chi connectivity index (χ1n) is 5.24. The number of imidazole rings is 1. The van der Waals surface area contributed by atoms with Crippen molar-refractivity contribution in [2.45, 2.75) is 12.5 Å². The van der Waals surface area contributed by atoms with E-state index < -0.39 is 5.82 Å². The van der Waals surface area contributed by atoms with Crippen LogP contribution in [-0.2, 0) is 13.5 Å². The molecule has 0 saturated heterocycles. The van der Waals surface area contributed by atoms with Gasteiger partial charge in [-0.05, 0) is 17.7 Å². The molecule has 0 spiro atoms. The van der Waals surface area contributed by atoms with Crippen molar-refractivity contribution in [3.8, 4) is 0 Å².